The van der Waals surface area contributed by atoms with Crippen molar-refractivity contribution in [1.82, 2.24) is 0 Å². The van der Waals surface area contributed by atoms with Crippen LogP contribution in [0.3, 0.4) is 0 Å². The van der Waals surface area contributed by atoms with Gasteiger partial charge in [0.2, 0.25) is 6.10 Å². The third kappa shape index (κ3) is 6.79. The molecule has 0 bridgehead atoms. The van der Waals surface area contributed by atoms with E-state index in [0.29, 0.717) is 16.7 Å². The van der Waals surface area contributed by atoms with Crippen LogP contribution < -0.4 is 4.74 Å². The second-order valence-corrected chi connectivity index (χ2v) is 9.64. The van der Waals surface area contributed by atoms with Gasteiger partial charge in [0.1, 0.15) is 11.5 Å². The average molecular weight is 540 g/mol. The molecule has 0 amide bonds. The zero-order chi connectivity index (χ0) is 28.3. The third-order valence-corrected chi connectivity index (χ3v) is 6.22. The van der Waals surface area contributed by atoms with Crippen LogP contribution >= 0.6 is 0 Å². The van der Waals surface area contributed by atoms with Crippen LogP contribution in [0.15, 0.2) is 48.5 Å². The smallest absolute Gasteiger partial charge is 0.426 e. The fourth-order valence-electron chi connectivity index (χ4n) is 3.79. The Hall–Kier alpha value is -3.25. The molecule has 1 unspecified atom stereocenters. The van der Waals surface area contributed by atoms with Crippen LogP contribution in [0.1, 0.15) is 37.4 Å². The van der Waals surface area contributed by atoms with Crippen LogP contribution in [-0.4, -0.2) is 66.5 Å². The van der Waals surface area contributed by atoms with Gasteiger partial charge in [-0.25, -0.2) is 9.59 Å². The highest BCUT2D eigenvalue weighted by molar-refractivity contribution is 7.85. The summed E-state index contributed by atoms with van der Waals surface area (Å²) in [5.41, 5.74) is 0.906. The number of ether oxygens (including phenoxy) is 2. The molecule has 38 heavy (non-hydrogen) atoms. The van der Waals surface area contributed by atoms with E-state index in [2.05, 4.69) is 4.74 Å². The van der Waals surface area contributed by atoms with Crippen LogP contribution in [0, 0.1) is 0 Å². The lowest BCUT2D eigenvalue weighted by Crippen LogP contribution is -2.39. The lowest BCUT2D eigenvalue weighted by atomic mass is 9.85. The normalized spacial score (nSPS) is 12.7. The van der Waals surface area contributed by atoms with Crippen molar-refractivity contribution in [1.29, 1.82) is 0 Å². The van der Waals surface area contributed by atoms with Crippen molar-refractivity contribution in [2.75, 3.05) is 5.75 Å². The van der Waals surface area contributed by atoms with E-state index in [1.165, 1.54) is 30.3 Å². The zero-order valence-electron chi connectivity index (χ0n) is 19.7. The molecule has 0 aliphatic heterocycles. The molecule has 0 aliphatic carbocycles. The second-order valence-electron chi connectivity index (χ2n) is 8.14. The molecule has 14 heteroatoms. The molecule has 7 nitrogen and oxygen atoms in total. The quantitative estimate of drug-likeness (QED) is 0.193. The molecular weight excluding hydrogens is 522 g/mol. The van der Waals surface area contributed by atoms with E-state index in [0.717, 1.165) is 6.07 Å². The molecular formula is C24H18B3F3O7S. The van der Waals surface area contributed by atoms with E-state index in [4.69, 9.17) is 32.8 Å². The Morgan fingerprint density at radius 2 is 1.42 bits per heavy atom. The van der Waals surface area contributed by atoms with Gasteiger partial charge in [-0.15, -0.1) is 0 Å². The molecule has 0 aromatic heterocycles. The van der Waals surface area contributed by atoms with Gasteiger partial charge in [-0.2, -0.15) is 21.6 Å². The fraction of sp³-hybridized carbons (Fsp3) is 0.250. The molecule has 0 saturated heterocycles. The fourth-order valence-corrected chi connectivity index (χ4v) is 4.43. The molecule has 1 atom stereocenters. The Labute approximate surface area is 220 Å². The minimum Gasteiger partial charge on any atom is -0.448 e. The molecule has 0 heterocycles. The first kappa shape index (κ1) is 29.3. The number of hydrogen-bond acceptors (Lipinski definition) is 6. The number of hydrogen-bond donors (Lipinski definition) is 1. The first-order chi connectivity index (χ1) is 17.8. The zero-order valence-corrected chi connectivity index (χ0v) is 20.5. The summed E-state index contributed by atoms with van der Waals surface area (Å²) in [7, 11) is 12.2. The summed E-state index contributed by atoms with van der Waals surface area (Å²) in [6.45, 7) is 0. The van der Waals surface area contributed by atoms with Crippen molar-refractivity contribution in [2.24, 2.45) is 0 Å². The van der Waals surface area contributed by atoms with E-state index in [-0.39, 0.29) is 41.0 Å². The van der Waals surface area contributed by atoms with Gasteiger partial charge in [0.15, 0.2) is 0 Å². The SMILES string of the molecule is [B]Cc1cc(C[B])c(OC(=O)c2cccc3cccc(C(=O)OC(CS(=O)(=O)O)C(F)(F)F)c23)c(C[B])c1. The highest BCUT2D eigenvalue weighted by atomic mass is 32.2. The highest BCUT2D eigenvalue weighted by Gasteiger charge is 2.45. The molecule has 0 saturated carbocycles. The lowest BCUT2D eigenvalue weighted by molar-refractivity contribution is -0.197. The number of esters is 2. The number of fused-ring (bicyclic) bond motifs is 1. The predicted molar refractivity (Wildman–Crippen MR) is 135 cm³/mol. The van der Waals surface area contributed by atoms with Crippen molar-refractivity contribution in [3.05, 3.63) is 76.3 Å². The summed E-state index contributed by atoms with van der Waals surface area (Å²) in [6.07, 6.45) is -8.32. The van der Waals surface area contributed by atoms with E-state index in [1.54, 1.807) is 12.1 Å². The third-order valence-electron chi connectivity index (χ3n) is 5.49. The van der Waals surface area contributed by atoms with Crippen molar-refractivity contribution >= 4 is 56.4 Å². The summed E-state index contributed by atoms with van der Waals surface area (Å²) in [5, 5.41) is 0.184. The Kier molecular flexibility index (Phi) is 8.99. The Balaban J connectivity index is 2.07. The maximum atomic E-state index is 13.3. The van der Waals surface area contributed by atoms with Crippen LogP contribution in [0.2, 0.25) is 0 Å². The first-order valence-electron chi connectivity index (χ1n) is 11.0. The van der Waals surface area contributed by atoms with Crippen molar-refractivity contribution < 1.29 is 45.2 Å². The van der Waals surface area contributed by atoms with Gasteiger partial charge in [-0.1, -0.05) is 60.9 Å². The summed E-state index contributed by atoms with van der Waals surface area (Å²) >= 11 is 0. The van der Waals surface area contributed by atoms with Gasteiger partial charge in [0.05, 0.1) is 34.7 Å². The molecule has 0 spiro atoms. The van der Waals surface area contributed by atoms with Crippen molar-refractivity contribution in [3.8, 4) is 5.75 Å². The number of alkyl halides is 3. The summed E-state index contributed by atoms with van der Waals surface area (Å²) in [5.74, 6) is -4.35. The van der Waals surface area contributed by atoms with Gasteiger partial charge < -0.3 is 9.47 Å². The molecule has 0 aliphatic rings. The molecule has 3 aromatic carbocycles. The number of rotatable bonds is 9. The van der Waals surface area contributed by atoms with Crippen LogP contribution in [0.25, 0.3) is 10.8 Å². The molecule has 1 N–H and O–H groups in total. The van der Waals surface area contributed by atoms with Gasteiger partial charge in [-0.3, -0.25) is 4.55 Å². The minimum atomic E-state index is -5.30. The molecule has 0 fully saturated rings. The van der Waals surface area contributed by atoms with Crippen molar-refractivity contribution in [2.45, 2.75) is 31.2 Å². The van der Waals surface area contributed by atoms with E-state index >= 15 is 0 Å². The number of benzene rings is 3. The first-order valence-corrected chi connectivity index (χ1v) is 12.6. The van der Waals surface area contributed by atoms with Gasteiger partial charge in [0, 0.05) is 5.39 Å². The number of carbonyl (C=O) groups is 2. The Bertz CT molecular complexity index is 1450. The lowest BCUT2D eigenvalue weighted by Gasteiger charge is -2.20. The van der Waals surface area contributed by atoms with Crippen LogP contribution in [-0.2, 0) is 33.8 Å². The number of carbonyl (C=O) groups excluding carboxylic acids is 2. The highest BCUT2D eigenvalue weighted by Crippen LogP contribution is 2.31. The predicted octanol–water partition coefficient (Wildman–Crippen LogP) is 3.04. The molecule has 6 radical (unpaired) electrons. The Morgan fingerprint density at radius 3 is 1.87 bits per heavy atom. The van der Waals surface area contributed by atoms with Crippen molar-refractivity contribution in [3.63, 3.8) is 0 Å². The van der Waals surface area contributed by atoms with Crippen LogP contribution in [0.4, 0.5) is 13.2 Å². The topological polar surface area (TPSA) is 107 Å². The van der Waals surface area contributed by atoms with E-state index in [9.17, 15) is 31.2 Å². The average Bonchev–Trinajstić information content (AvgIpc) is 2.86. The standard InChI is InChI=1S/C24H18B3F3O7S/c25-9-13-7-15(10-26)21(16(8-13)11-27)37-23(32)18-6-2-4-14-3-1-5-17(20(14)18)22(31)36-19(24(28,29)30)12-38(33,34)35/h1-8,19H,9-12H2,(H,33,34,35). The minimum absolute atomic E-state index is 0.0246. The maximum absolute atomic E-state index is 13.3. The second kappa shape index (κ2) is 11.6. The summed E-state index contributed by atoms with van der Waals surface area (Å²) in [4.78, 5) is 26.1. The maximum Gasteiger partial charge on any atom is 0.426 e. The van der Waals surface area contributed by atoms with Gasteiger partial charge in [-0.05, 0) is 28.6 Å². The van der Waals surface area contributed by atoms with Gasteiger partial charge in [0.25, 0.3) is 10.1 Å². The largest absolute Gasteiger partial charge is 0.448 e. The molecule has 3 aromatic rings. The van der Waals surface area contributed by atoms with Crippen LogP contribution in [0.5, 0.6) is 5.75 Å². The van der Waals surface area contributed by atoms with E-state index in [1.807, 2.05) is 0 Å². The number of halogens is 3. The molecule has 192 valence electrons. The Morgan fingerprint density at radius 1 is 0.895 bits per heavy atom. The van der Waals surface area contributed by atoms with Gasteiger partial charge >= 0.3 is 18.1 Å². The summed E-state index contributed by atoms with van der Waals surface area (Å²) in [6, 6.07) is 11.5. The summed E-state index contributed by atoms with van der Waals surface area (Å²) < 4.78 is 81.0. The monoisotopic (exact) mass is 540 g/mol. The molecule has 3 rings (SSSR count). The van der Waals surface area contributed by atoms with E-state index < -0.39 is 45.7 Å².